The lowest BCUT2D eigenvalue weighted by molar-refractivity contribution is -0.143. The number of phenolic OH excluding ortho intramolecular Hbond substituents is 1. The first-order chi connectivity index (χ1) is 18.9. The average Bonchev–Trinajstić information content (AvgIpc) is 3.20. The third-order valence-electron chi connectivity index (χ3n) is 8.77. The molecule has 2 aliphatic carbocycles. The van der Waals surface area contributed by atoms with Crippen molar-refractivity contribution >= 4 is 23.5 Å². The quantitative estimate of drug-likeness (QED) is 0.336. The Bertz CT molecular complexity index is 1250. The molecule has 1 aliphatic heterocycles. The number of amides is 2. The average molecular weight is 531 g/mol. The number of hydrogen-bond donors (Lipinski definition) is 3. The number of imide groups is 1. The topological polar surface area (TPSA) is 111 Å². The van der Waals surface area contributed by atoms with Gasteiger partial charge in [-0.2, -0.15) is 0 Å². The molecule has 39 heavy (non-hydrogen) atoms. The van der Waals surface area contributed by atoms with E-state index in [0.717, 1.165) is 54.5 Å². The zero-order valence-corrected chi connectivity index (χ0v) is 22.5. The van der Waals surface area contributed by atoms with Gasteiger partial charge in [0.2, 0.25) is 11.8 Å². The van der Waals surface area contributed by atoms with Crippen LogP contribution in [0.4, 0.5) is 0 Å². The summed E-state index contributed by atoms with van der Waals surface area (Å²) in [7, 11) is 0. The fraction of sp³-hybridized carbons (Fsp3) is 0.469. The van der Waals surface area contributed by atoms with Gasteiger partial charge < -0.3 is 15.3 Å². The summed E-state index contributed by atoms with van der Waals surface area (Å²) in [4.78, 5) is 33.1. The molecule has 3 aliphatic rings. The van der Waals surface area contributed by atoms with Crippen LogP contribution in [0.3, 0.4) is 0 Å². The van der Waals surface area contributed by atoms with Gasteiger partial charge in [0, 0.05) is 18.2 Å². The van der Waals surface area contributed by atoms with Gasteiger partial charge in [0.05, 0.1) is 30.2 Å². The van der Waals surface area contributed by atoms with Crippen molar-refractivity contribution < 1.29 is 24.9 Å². The third-order valence-corrected chi connectivity index (χ3v) is 8.77. The smallest absolute Gasteiger partial charge is 0.234 e. The molecule has 1 saturated heterocycles. The van der Waals surface area contributed by atoms with Crippen molar-refractivity contribution in [2.24, 2.45) is 17.8 Å². The highest BCUT2D eigenvalue weighted by atomic mass is 16.3. The van der Waals surface area contributed by atoms with Gasteiger partial charge in [0.25, 0.3) is 0 Å². The summed E-state index contributed by atoms with van der Waals surface area (Å²) in [5.74, 6) is -1.71. The number of nitrogens with zero attached hydrogens (tertiary/aromatic N) is 2. The number of phenols is 1. The van der Waals surface area contributed by atoms with Crippen LogP contribution in [-0.2, 0) is 9.59 Å². The molecule has 5 rings (SSSR count). The van der Waals surface area contributed by atoms with Crippen LogP contribution < -0.4 is 0 Å². The van der Waals surface area contributed by atoms with Crippen molar-refractivity contribution in [1.29, 1.82) is 0 Å². The van der Waals surface area contributed by atoms with Crippen LogP contribution in [-0.4, -0.2) is 55.8 Å². The molecule has 0 spiro atoms. The molecule has 2 heterocycles. The number of aromatic hydroxyl groups is 1. The SMILES string of the molecule is CC1=C([C@H](O)CC/C(=C/c2ccc(O)cc2)c2ccccn2)[C@H](CO)[C@@H]2C(=O)N(C3CCCCC3)C(=O)[C@@H]2C1. The largest absolute Gasteiger partial charge is 0.508 e. The van der Waals surface area contributed by atoms with Gasteiger partial charge in [-0.05, 0) is 86.1 Å². The van der Waals surface area contributed by atoms with Crippen molar-refractivity contribution in [3.05, 3.63) is 71.1 Å². The number of carbonyl (C=O) groups is 2. The van der Waals surface area contributed by atoms with Crippen molar-refractivity contribution in [1.82, 2.24) is 9.88 Å². The molecule has 1 aromatic carbocycles. The molecule has 7 heteroatoms. The fourth-order valence-electron chi connectivity index (χ4n) is 6.89. The molecule has 206 valence electrons. The summed E-state index contributed by atoms with van der Waals surface area (Å²) in [6.45, 7) is 1.64. The minimum atomic E-state index is -0.860. The van der Waals surface area contributed by atoms with Crippen molar-refractivity contribution in [3.8, 4) is 5.75 Å². The molecule has 2 fully saturated rings. The number of fused-ring (bicyclic) bond motifs is 1. The van der Waals surface area contributed by atoms with E-state index >= 15 is 0 Å². The number of carbonyl (C=O) groups excluding carboxylic acids is 2. The highest BCUT2D eigenvalue weighted by molar-refractivity contribution is 6.06. The van der Waals surface area contributed by atoms with Gasteiger partial charge in [-0.3, -0.25) is 19.5 Å². The highest BCUT2D eigenvalue weighted by Crippen LogP contribution is 2.47. The lowest BCUT2D eigenvalue weighted by atomic mass is 9.68. The maximum absolute atomic E-state index is 13.6. The number of aliphatic hydroxyl groups is 2. The van der Waals surface area contributed by atoms with Gasteiger partial charge in [-0.1, -0.05) is 43.0 Å². The number of likely N-dealkylation sites (tertiary alicyclic amines) is 1. The fourth-order valence-corrected chi connectivity index (χ4v) is 6.89. The predicted molar refractivity (Wildman–Crippen MR) is 149 cm³/mol. The Morgan fingerprint density at radius 2 is 1.82 bits per heavy atom. The second kappa shape index (κ2) is 11.8. The molecular formula is C32H38N2O5. The minimum Gasteiger partial charge on any atom is -0.508 e. The van der Waals surface area contributed by atoms with Gasteiger partial charge >= 0.3 is 0 Å². The van der Waals surface area contributed by atoms with Gasteiger partial charge in [-0.15, -0.1) is 0 Å². The zero-order valence-electron chi connectivity index (χ0n) is 22.5. The van der Waals surface area contributed by atoms with Gasteiger partial charge in [0.1, 0.15) is 5.75 Å². The number of pyridine rings is 1. The van der Waals surface area contributed by atoms with Crippen LogP contribution in [0.5, 0.6) is 5.75 Å². The summed E-state index contributed by atoms with van der Waals surface area (Å²) in [6, 6.07) is 12.6. The Labute approximate surface area is 229 Å². The molecule has 4 atom stereocenters. The van der Waals surface area contributed by atoms with E-state index in [9.17, 15) is 24.9 Å². The summed E-state index contributed by atoms with van der Waals surface area (Å²) in [5.41, 5.74) is 4.24. The highest BCUT2D eigenvalue weighted by Gasteiger charge is 2.55. The van der Waals surface area contributed by atoms with E-state index in [1.54, 1.807) is 18.3 Å². The maximum atomic E-state index is 13.6. The number of aliphatic hydroxyl groups excluding tert-OH is 2. The number of benzene rings is 1. The molecule has 1 aromatic heterocycles. The minimum absolute atomic E-state index is 0.0386. The standard InChI is InChI=1S/C32H38N2O5/c1-20-17-25-30(32(39)34(31(25)38)23-7-3-2-4-8-23)26(19-35)29(20)28(37)15-12-22(27-9-5-6-16-33-27)18-21-10-13-24(36)14-11-21/h5-6,9-11,13-14,16,18,23,25-26,28,30,35-37H,2-4,7-8,12,15,17,19H2,1H3/b22-18-/t25-,26+,28-,30-/m1/s1. The molecule has 3 N–H and O–H groups in total. The third kappa shape index (κ3) is 5.56. The van der Waals surface area contributed by atoms with Crippen LogP contribution >= 0.6 is 0 Å². The normalized spacial score (nSPS) is 25.3. The van der Waals surface area contributed by atoms with Gasteiger partial charge in [0.15, 0.2) is 0 Å². The molecule has 0 bridgehead atoms. The Morgan fingerprint density at radius 3 is 2.49 bits per heavy atom. The molecule has 2 amide bonds. The zero-order chi connectivity index (χ0) is 27.5. The lowest BCUT2D eigenvalue weighted by Crippen LogP contribution is -2.42. The van der Waals surface area contributed by atoms with E-state index in [1.165, 1.54) is 4.90 Å². The van der Waals surface area contributed by atoms with Crippen molar-refractivity contribution in [3.63, 3.8) is 0 Å². The molecule has 1 saturated carbocycles. The molecular weight excluding hydrogens is 492 g/mol. The van der Waals surface area contributed by atoms with E-state index < -0.39 is 23.9 Å². The van der Waals surface area contributed by atoms with Crippen LogP contribution in [0.2, 0.25) is 0 Å². The van der Waals surface area contributed by atoms with Gasteiger partial charge in [-0.25, -0.2) is 0 Å². The van der Waals surface area contributed by atoms with E-state index in [2.05, 4.69) is 4.98 Å². The first kappa shape index (κ1) is 27.3. The van der Waals surface area contributed by atoms with Crippen LogP contribution in [0.15, 0.2) is 59.8 Å². The first-order valence-corrected chi connectivity index (χ1v) is 14.2. The van der Waals surface area contributed by atoms with Crippen LogP contribution in [0, 0.1) is 17.8 Å². The van der Waals surface area contributed by atoms with E-state index in [0.29, 0.717) is 24.8 Å². The summed E-state index contributed by atoms with van der Waals surface area (Å²) >= 11 is 0. The second-order valence-electron chi connectivity index (χ2n) is 11.2. The first-order valence-electron chi connectivity index (χ1n) is 14.2. The Balaban J connectivity index is 1.37. The summed E-state index contributed by atoms with van der Waals surface area (Å²) in [5, 5.41) is 31.6. The van der Waals surface area contributed by atoms with Crippen LogP contribution in [0.25, 0.3) is 11.6 Å². The van der Waals surface area contributed by atoms with E-state index in [-0.39, 0.29) is 30.2 Å². The Hall–Kier alpha value is -3.29. The van der Waals surface area contributed by atoms with E-state index in [4.69, 9.17) is 0 Å². The number of aromatic nitrogens is 1. The Morgan fingerprint density at radius 1 is 1.08 bits per heavy atom. The molecule has 0 radical (unpaired) electrons. The number of hydrogen-bond acceptors (Lipinski definition) is 6. The van der Waals surface area contributed by atoms with E-state index in [1.807, 2.05) is 43.3 Å². The molecule has 0 unspecified atom stereocenters. The lowest BCUT2D eigenvalue weighted by Gasteiger charge is -2.35. The van der Waals surface area contributed by atoms with Crippen molar-refractivity contribution in [2.75, 3.05) is 6.61 Å². The number of rotatable bonds is 8. The summed E-state index contributed by atoms with van der Waals surface area (Å²) in [6.07, 6.45) is 9.11. The monoisotopic (exact) mass is 530 g/mol. The predicted octanol–water partition coefficient (Wildman–Crippen LogP) is 4.73. The molecule has 2 aromatic rings. The maximum Gasteiger partial charge on any atom is 0.234 e. The number of allylic oxidation sites excluding steroid dienone is 2. The molecule has 7 nitrogen and oxygen atoms in total. The second-order valence-corrected chi connectivity index (χ2v) is 11.2. The van der Waals surface area contributed by atoms with Crippen LogP contribution in [0.1, 0.15) is 69.5 Å². The van der Waals surface area contributed by atoms with Crippen molar-refractivity contribution in [2.45, 2.75) is 70.4 Å². The Kier molecular flexibility index (Phi) is 8.29. The summed E-state index contributed by atoms with van der Waals surface area (Å²) < 4.78 is 0.